The Hall–Kier alpha value is -3.91. The highest BCUT2D eigenvalue weighted by molar-refractivity contribution is 6.30. The normalized spacial score (nSPS) is 13.7. The second kappa shape index (κ2) is 9.76. The number of halogens is 2. The zero-order chi connectivity index (χ0) is 24.4. The van der Waals surface area contributed by atoms with Crippen molar-refractivity contribution in [3.63, 3.8) is 0 Å². The van der Waals surface area contributed by atoms with Gasteiger partial charge in [0.2, 0.25) is 5.82 Å². The molecule has 1 aliphatic rings. The van der Waals surface area contributed by atoms with Crippen molar-refractivity contribution >= 4 is 23.2 Å². The molecule has 5 rings (SSSR count). The number of anilines is 1. The predicted octanol–water partition coefficient (Wildman–Crippen LogP) is 4.70. The van der Waals surface area contributed by atoms with Crippen LogP contribution in [0.4, 0.5) is 10.1 Å². The average molecular weight is 492 g/mol. The van der Waals surface area contributed by atoms with E-state index in [0.717, 1.165) is 17.0 Å². The highest BCUT2D eigenvalue weighted by Crippen LogP contribution is 2.26. The quantitative estimate of drug-likeness (QED) is 0.405. The number of ether oxygens (including phenoxy) is 1. The van der Waals surface area contributed by atoms with Gasteiger partial charge < -0.3 is 14.5 Å². The van der Waals surface area contributed by atoms with E-state index in [0.29, 0.717) is 42.7 Å². The van der Waals surface area contributed by atoms with Crippen LogP contribution in [0.1, 0.15) is 10.6 Å². The topological polar surface area (TPSA) is 63.5 Å². The summed E-state index contributed by atoms with van der Waals surface area (Å²) in [4.78, 5) is 21.9. The number of methoxy groups -OCH3 is 1. The fourth-order valence-electron chi connectivity index (χ4n) is 4.08. The smallest absolute Gasteiger partial charge is 0.293 e. The van der Waals surface area contributed by atoms with Gasteiger partial charge in [0, 0.05) is 42.5 Å². The first-order valence-corrected chi connectivity index (χ1v) is 11.6. The second-order valence-electron chi connectivity index (χ2n) is 8.13. The van der Waals surface area contributed by atoms with Gasteiger partial charge in [0.25, 0.3) is 5.91 Å². The largest absolute Gasteiger partial charge is 0.497 e. The zero-order valence-corrected chi connectivity index (χ0v) is 19.8. The van der Waals surface area contributed by atoms with E-state index in [1.165, 1.54) is 12.1 Å². The number of piperazine rings is 1. The summed E-state index contributed by atoms with van der Waals surface area (Å²) in [7, 11) is 1.61. The Kier molecular flexibility index (Phi) is 6.37. The SMILES string of the molecule is COc1ccc(-c2nc(C(=O)N3CCN(c4ccc(F)cc4)CC3)nn2-c2cccc(Cl)c2)cc1. The number of aromatic nitrogens is 3. The van der Waals surface area contributed by atoms with Crippen LogP contribution in [0.15, 0.2) is 72.8 Å². The molecule has 1 amide bonds. The summed E-state index contributed by atoms with van der Waals surface area (Å²) in [5.41, 5.74) is 2.43. The lowest BCUT2D eigenvalue weighted by Crippen LogP contribution is -2.49. The maximum atomic E-state index is 13.4. The van der Waals surface area contributed by atoms with Crippen LogP contribution in [-0.2, 0) is 0 Å². The van der Waals surface area contributed by atoms with Gasteiger partial charge in [-0.2, -0.15) is 0 Å². The molecule has 1 aliphatic heterocycles. The Morgan fingerprint density at radius 3 is 2.31 bits per heavy atom. The van der Waals surface area contributed by atoms with Crippen LogP contribution in [0.3, 0.4) is 0 Å². The van der Waals surface area contributed by atoms with Gasteiger partial charge in [-0.15, -0.1) is 5.10 Å². The summed E-state index contributed by atoms with van der Waals surface area (Å²) >= 11 is 6.22. The number of rotatable bonds is 5. The third-order valence-corrected chi connectivity index (χ3v) is 6.19. The molecule has 0 spiro atoms. The first kappa shape index (κ1) is 22.9. The summed E-state index contributed by atoms with van der Waals surface area (Å²) in [6.07, 6.45) is 0. The minimum absolute atomic E-state index is 0.117. The molecular weight excluding hydrogens is 469 g/mol. The van der Waals surface area contributed by atoms with Gasteiger partial charge in [0.1, 0.15) is 11.6 Å². The number of hydrogen-bond acceptors (Lipinski definition) is 5. The minimum Gasteiger partial charge on any atom is -0.497 e. The van der Waals surface area contributed by atoms with Crippen molar-refractivity contribution < 1.29 is 13.9 Å². The van der Waals surface area contributed by atoms with Crippen molar-refractivity contribution in [2.75, 3.05) is 38.2 Å². The van der Waals surface area contributed by atoms with Crippen molar-refractivity contribution in [3.05, 3.63) is 89.5 Å². The Balaban J connectivity index is 1.41. The van der Waals surface area contributed by atoms with E-state index in [1.54, 1.807) is 41.0 Å². The van der Waals surface area contributed by atoms with Gasteiger partial charge in [-0.05, 0) is 66.7 Å². The molecular formula is C26H23ClFN5O2. The Morgan fingerprint density at radius 2 is 1.66 bits per heavy atom. The molecule has 1 aromatic heterocycles. The number of hydrogen-bond donors (Lipinski definition) is 0. The van der Waals surface area contributed by atoms with Crippen LogP contribution in [0.2, 0.25) is 5.02 Å². The highest BCUT2D eigenvalue weighted by atomic mass is 35.5. The second-order valence-corrected chi connectivity index (χ2v) is 8.57. The van der Waals surface area contributed by atoms with Crippen LogP contribution < -0.4 is 9.64 Å². The van der Waals surface area contributed by atoms with Crippen molar-refractivity contribution in [2.24, 2.45) is 0 Å². The van der Waals surface area contributed by atoms with Crippen molar-refractivity contribution in [1.82, 2.24) is 19.7 Å². The Labute approximate surface area is 207 Å². The van der Waals surface area contributed by atoms with E-state index >= 15 is 0 Å². The predicted molar refractivity (Wildman–Crippen MR) is 133 cm³/mol. The van der Waals surface area contributed by atoms with Crippen LogP contribution in [0.5, 0.6) is 5.75 Å². The highest BCUT2D eigenvalue weighted by Gasteiger charge is 2.27. The third-order valence-electron chi connectivity index (χ3n) is 5.96. The molecule has 0 saturated carbocycles. The molecule has 0 N–H and O–H groups in total. The van der Waals surface area contributed by atoms with Crippen LogP contribution in [0.25, 0.3) is 17.1 Å². The van der Waals surface area contributed by atoms with E-state index < -0.39 is 0 Å². The molecule has 0 radical (unpaired) electrons. The van der Waals surface area contributed by atoms with Gasteiger partial charge >= 0.3 is 0 Å². The number of amides is 1. The third kappa shape index (κ3) is 4.83. The van der Waals surface area contributed by atoms with E-state index in [-0.39, 0.29) is 17.5 Å². The van der Waals surface area contributed by atoms with Crippen LogP contribution >= 0.6 is 11.6 Å². The summed E-state index contributed by atoms with van der Waals surface area (Å²) in [5.74, 6) is 0.864. The van der Waals surface area contributed by atoms with E-state index in [4.69, 9.17) is 16.3 Å². The minimum atomic E-state index is -0.267. The monoisotopic (exact) mass is 491 g/mol. The van der Waals surface area contributed by atoms with Crippen LogP contribution in [-0.4, -0.2) is 58.9 Å². The van der Waals surface area contributed by atoms with Gasteiger partial charge in [-0.25, -0.2) is 14.1 Å². The first-order valence-electron chi connectivity index (χ1n) is 11.2. The van der Waals surface area contributed by atoms with Gasteiger partial charge in [-0.3, -0.25) is 4.79 Å². The summed E-state index contributed by atoms with van der Waals surface area (Å²) in [6.45, 7) is 2.30. The maximum Gasteiger partial charge on any atom is 0.293 e. The van der Waals surface area contributed by atoms with Gasteiger partial charge in [-0.1, -0.05) is 17.7 Å². The zero-order valence-electron chi connectivity index (χ0n) is 19.1. The maximum absolute atomic E-state index is 13.4. The first-order chi connectivity index (χ1) is 17.0. The molecule has 4 aromatic rings. The fraction of sp³-hybridized carbons (Fsp3) is 0.192. The van der Waals surface area contributed by atoms with E-state index in [2.05, 4.69) is 15.0 Å². The molecule has 0 unspecified atom stereocenters. The van der Waals surface area contributed by atoms with Crippen molar-refractivity contribution in [1.29, 1.82) is 0 Å². The molecule has 178 valence electrons. The molecule has 0 aliphatic carbocycles. The molecule has 1 saturated heterocycles. The number of carbonyl (C=O) groups excluding carboxylic acids is 1. The summed E-state index contributed by atoms with van der Waals surface area (Å²) < 4.78 is 20.1. The number of nitrogens with zero attached hydrogens (tertiary/aromatic N) is 5. The number of benzene rings is 3. The molecule has 9 heteroatoms. The van der Waals surface area contributed by atoms with Gasteiger partial charge in [0.15, 0.2) is 5.82 Å². The molecule has 35 heavy (non-hydrogen) atoms. The Bertz CT molecular complexity index is 1330. The molecule has 1 fully saturated rings. The molecule has 3 aromatic carbocycles. The summed E-state index contributed by atoms with van der Waals surface area (Å²) in [5, 5.41) is 5.13. The van der Waals surface area contributed by atoms with Crippen molar-refractivity contribution in [3.8, 4) is 22.8 Å². The van der Waals surface area contributed by atoms with Crippen LogP contribution in [0, 0.1) is 5.82 Å². The molecule has 0 atom stereocenters. The molecule has 2 heterocycles. The fourth-order valence-corrected chi connectivity index (χ4v) is 4.26. The lowest BCUT2D eigenvalue weighted by atomic mass is 10.2. The molecule has 0 bridgehead atoms. The summed E-state index contributed by atoms with van der Waals surface area (Å²) in [6, 6.07) is 21.1. The van der Waals surface area contributed by atoms with Crippen molar-refractivity contribution in [2.45, 2.75) is 0 Å². The van der Waals surface area contributed by atoms with E-state index in [1.807, 2.05) is 36.4 Å². The Morgan fingerprint density at radius 1 is 0.943 bits per heavy atom. The van der Waals surface area contributed by atoms with E-state index in [9.17, 15) is 9.18 Å². The lowest BCUT2D eigenvalue weighted by Gasteiger charge is -2.35. The molecule has 7 nitrogen and oxygen atoms in total. The standard InChI is InChI=1S/C26H23ClFN5O2/c1-35-23-11-5-18(6-12-23)25-29-24(30-33(25)22-4-2-3-19(27)17-22)26(34)32-15-13-31(14-16-32)21-9-7-20(28)8-10-21/h2-12,17H,13-16H2,1H3. The average Bonchev–Trinajstić information content (AvgIpc) is 3.34. The lowest BCUT2D eigenvalue weighted by molar-refractivity contribution is 0.0734. The van der Waals surface area contributed by atoms with Gasteiger partial charge in [0.05, 0.1) is 12.8 Å². The number of carbonyl (C=O) groups is 1.